The molecule has 3 aliphatic heterocycles. The molecule has 1 aromatic carbocycles. The molecule has 9 nitrogen and oxygen atoms in total. The van der Waals surface area contributed by atoms with Crippen LogP contribution in [0.5, 0.6) is 0 Å². The monoisotopic (exact) mass is 467 g/mol. The van der Waals surface area contributed by atoms with Crippen LogP contribution >= 0.6 is 11.6 Å². The van der Waals surface area contributed by atoms with Gasteiger partial charge in [0.25, 0.3) is 5.91 Å². The lowest BCUT2D eigenvalue weighted by molar-refractivity contribution is -0.133. The maximum atomic E-state index is 13.0. The molecule has 1 N–H and O–H groups in total. The Morgan fingerprint density at radius 2 is 1.94 bits per heavy atom. The van der Waals surface area contributed by atoms with Crippen LogP contribution in [-0.4, -0.2) is 86.6 Å². The average Bonchev–Trinajstić information content (AvgIpc) is 3.09. The SMILES string of the molecule is CN1CCN(c2ccc(Cl)cc2NC(=O)C2=NN([C@H]3CCS(=O)(=O)C3)C(=O)CC2)CC1. The minimum atomic E-state index is -3.17. The number of benzene rings is 1. The first-order valence-corrected chi connectivity index (χ1v) is 12.6. The van der Waals surface area contributed by atoms with E-state index in [-0.39, 0.29) is 36.0 Å². The summed E-state index contributed by atoms with van der Waals surface area (Å²) in [5.41, 5.74) is 1.70. The van der Waals surface area contributed by atoms with E-state index in [2.05, 4.69) is 27.3 Å². The molecule has 1 aromatic rings. The quantitative estimate of drug-likeness (QED) is 0.713. The van der Waals surface area contributed by atoms with Crippen LogP contribution in [0.15, 0.2) is 23.3 Å². The third-order valence-electron chi connectivity index (χ3n) is 5.93. The van der Waals surface area contributed by atoms with Crippen molar-refractivity contribution in [1.82, 2.24) is 9.91 Å². The van der Waals surface area contributed by atoms with Crippen LogP contribution in [0.3, 0.4) is 0 Å². The zero-order valence-corrected chi connectivity index (χ0v) is 19.0. The third-order valence-corrected chi connectivity index (χ3v) is 7.91. The van der Waals surface area contributed by atoms with Crippen LogP contribution in [0.4, 0.5) is 11.4 Å². The number of rotatable bonds is 4. The Hall–Kier alpha value is -2.17. The second kappa shape index (κ2) is 8.76. The minimum Gasteiger partial charge on any atom is -0.367 e. The first-order valence-electron chi connectivity index (χ1n) is 10.4. The van der Waals surface area contributed by atoms with Gasteiger partial charge in [-0.1, -0.05) is 11.6 Å². The number of hydrazone groups is 1. The zero-order chi connectivity index (χ0) is 22.2. The summed E-state index contributed by atoms with van der Waals surface area (Å²) in [6.45, 7) is 3.51. The van der Waals surface area contributed by atoms with Gasteiger partial charge in [0.2, 0.25) is 5.91 Å². The fraction of sp³-hybridized carbons (Fsp3) is 0.550. The summed E-state index contributed by atoms with van der Waals surface area (Å²) in [6.07, 6.45) is 0.684. The first-order chi connectivity index (χ1) is 14.7. The number of likely N-dealkylation sites (N-methyl/N-ethyl adjacent to an activating group) is 1. The Balaban J connectivity index is 1.53. The number of carbonyl (C=O) groups is 2. The molecule has 0 aromatic heterocycles. The predicted octanol–water partition coefficient (Wildman–Crippen LogP) is 1.20. The summed E-state index contributed by atoms with van der Waals surface area (Å²) in [4.78, 5) is 29.8. The molecule has 0 radical (unpaired) electrons. The molecular formula is C20H26ClN5O4S. The van der Waals surface area contributed by atoms with Crippen molar-refractivity contribution in [2.24, 2.45) is 5.10 Å². The standard InChI is InChI=1S/C20H26ClN5O4S/c1-24-7-9-25(10-8-24)18-4-2-14(21)12-17(18)22-20(28)16-3-5-19(27)26(23-16)15-6-11-31(29,30)13-15/h2,4,12,15H,3,5-11,13H2,1H3,(H,22,28)/t15-/m0/s1. The molecule has 3 aliphatic rings. The molecule has 0 bridgehead atoms. The highest BCUT2D eigenvalue weighted by Gasteiger charge is 2.37. The lowest BCUT2D eigenvalue weighted by Gasteiger charge is -2.35. The van der Waals surface area contributed by atoms with Gasteiger partial charge < -0.3 is 15.1 Å². The fourth-order valence-corrected chi connectivity index (χ4v) is 5.98. The van der Waals surface area contributed by atoms with Crippen molar-refractivity contribution < 1.29 is 18.0 Å². The Labute approximate surface area is 186 Å². The molecule has 1 atom stereocenters. The van der Waals surface area contributed by atoms with Crippen LogP contribution in [0, 0.1) is 0 Å². The minimum absolute atomic E-state index is 0.0371. The smallest absolute Gasteiger partial charge is 0.271 e. The number of carbonyl (C=O) groups excluding carboxylic acids is 2. The molecule has 0 saturated carbocycles. The van der Waals surface area contributed by atoms with Crippen molar-refractivity contribution in [1.29, 1.82) is 0 Å². The maximum Gasteiger partial charge on any atom is 0.271 e. The number of nitrogens with zero attached hydrogens (tertiary/aromatic N) is 4. The van der Waals surface area contributed by atoms with E-state index in [1.807, 2.05) is 6.07 Å². The fourth-order valence-electron chi connectivity index (χ4n) is 4.11. The van der Waals surface area contributed by atoms with E-state index in [9.17, 15) is 18.0 Å². The Bertz CT molecular complexity index is 1020. The summed E-state index contributed by atoms with van der Waals surface area (Å²) in [6, 6.07) is 4.89. The van der Waals surface area contributed by atoms with Gasteiger partial charge in [0, 0.05) is 44.0 Å². The number of hydrogen-bond acceptors (Lipinski definition) is 7. The van der Waals surface area contributed by atoms with Crippen molar-refractivity contribution in [3.8, 4) is 0 Å². The van der Waals surface area contributed by atoms with E-state index >= 15 is 0 Å². The van der Waals surface area contributed by atoms with Gasteiger partial charge in [0.15, 0.2) is 9.84 Å². The molecule has 2 saturated heterocycles. The molecule has 0 spiro atoms. The number of hydrogen-bond donors (Lipinski definition) is 1. The van der Waals surface area contributed by atoms with Crippen LogP contribution in [0.2, 0.25) is 5.02 Å². The molecule has 168 valence electrons. The van der Waals surface area contributed by atoms with Gasteiger partial charge in [0.1, 0.15) is 5.71 Å². The maximum absolute atomic E-state index is 13.0. The van der Waals surface area contributed by atoms with E-state index in [1.165, 1.54) is 5.01 Å². The van der Waals surface area contributed by atoms with Crippen molar-refractivity contribution in [2.45, 2.75) is 25.3 Å². The van der Waals surface area contributed by atoms with Gasteiger partial charge >= 0.3 is 0 Å². The summed E-state index contributed by atoms with van der Waals surface area (Å²) in [5.74, 6) is -0.732. The molecule has 0 unspecified atom stereocenters. The van der Waals surface area contributed by atoms with E-state index < -0.39 is 21.8 Å². The molecule has 2 amide bonds. The predicted molar refractivity (Wildman–Crippen MR) is 120 cm³/mol. The molecule has 31 heavy (non-hydrogen) atoms. The number of piperazine rings is 1. The highest BCUT2D eigenvalue weighted by atomic mass is 35.5. The van der Waals surface area contributed by atoms with Crippen molar-refractivity contribution >= 4 is 50.3 Å². The zero-order valence-electron chi connectivity index (χ0n) is 17.4. The normalized spacial score (nSPS) is 24.3. The molecule has 0 aliphatic carbocycles. The van der Waals surface area contributed by atoms with Crippen LogP contribution < -0.4 is 10.2 Å². The number of nitrogens with one attached hydrogen (secondary N) is 1. The van der Waals surface area contributed by atoms with Crippen molar-refractivity contribution in [3.63, 3.8) is 0 Å². The van der Waals surface area contributed by atoms with Crippen molar-refractivity contribution in [3.05, 3.63) is 23.2 Å². The number of halogens is 1. The second-order valence-electron chi connectivity index (χ2n) is 8.25. The highest BCUT2D eigenvalue weighted by Crippen LogP contribution is 2.30. The second-order valence-corrected chi connectivity index (χ2v) is 10.9. The van der Waals surface area contributed by atoms with E-state index in [1.54, 1.807) is 12.1 Å². The molecule has 3 heterocycles. The number of anilines is 2. The third kappa shape index (κ3) is 5.02. The summed E-state index contributed by atoms with van der Waals surface area (Å²) in [7, 11) is -1.09. The lowest BCUT2D eigenvalue weighted by Crippen LogP contribution is -2.45. The van der Waals surface area contributed by atoms with Gasteiger partial charge in [-0.15, -0.1) is 0 Å². The molecule has 11 heteroatoms. The van der Waals surface area contributed by atoms with Gasteiger partial charge in [-0.25, -0.2) is 13.4 Å². The molecular weight excluding hydrogens is 442 g/mol. The Morgan fingerprint density at radius 1 is 1.19 bits per heavy atom. The van der Waals surface area contributed by atoms with Gasteiger partial charge in [0.05, 0.1) is 28.9 Å². The van der Waals surface area contributed by atoms with Crippen molar-refractivity contribution in [2.75, 3.05) is 54.9 Å². The topological polar surface area (TPSA) is 102 Å². The van der Waals surface area contributed by atoms with Crippen LogP contribution in [0.25, 0.3) is 0 Å². The van der Waals surface area contributed by atoms with Crippen LogP contribution in [0.1, 0.15) is 19.3 Å². The largest absolute Gasteiger partial charge is 0.367 e. The number of amides is 2. The van der Waals surface area contributed by atoms with Gasteiger partial charge in [-0.2, -0.15) is 5.10 Å². The molecule has 4 rings (SSSR count). The number of sulfone groups is 1. The first kappa shape index (κ1) is 22.0. The van der Waals surface area contributed by atoms with E-state index in [0.29, 0.717) is 17.1 Å². The Kier molecular flexibility index (Phi) is 6.23. The Morgan fingerprint density at radius 3 is 2.61 bits per heavy atom. The lowest BCUT2D eigenvalue weighted by atomic mass is 10.1. The highest BCUT2D eigenvalue weighted by molar-refractivity contribution is 7.91. The van der Waals surface area contributed by atoms with E-state index in [4.69, 9.17) is 11.6 Å². The summed E-state index contributed by atoms with van der Waals surface area (Å²) < 4.78 is 23.6. The summed E-state index contributed by atoms with van der Waals surface area (Å²) in [5, 5.41) is 8.86. The van der Waals surface area contributed by atoms with Gasteiger partial charge in [-0.05, 0) is 31.7 Å². The summed E-state index contributed by atoms with van der Waals surface area (Å²) >= 11 is 6.19. The van der Waals surface area contributed by atoms with Crippen LogP contribution in [-0.2, 0) is 19.4 Å². The van der Waals surface area contributed by atoms with Gasteiger partial charge in [-0.3, -0.25) is 9.59 Å². The average molecular weight is 468 g/mol. The molecule has 2 fully saturated rings. The van der Waals surface area contributed by atoms with E-state index in [0.717, 1.165) is 31.9 Å².